The summed E-state index contributed by atoms with van der Waals surface area (Å²) in [6.45, 7) is 0.621. The molecule has 0 fully saturated rings. The van der Waals surface area contributed by atoms with E-state index in [1.165, 1.54) is 0 Å². The largest absolute Gasteiger partial charge is 0.385 e. The van der Waals surface area contributed by atoms with Gasteiger partial charge in [0.25, 0.3) is 0 Å². The number of fused-ring (bicyclic) bond motifs is 1. The Hall–Kier alpha value is -1.46. The van der Waals surface area contributed by atoms with E-state index in [-0.39, 0.29) is 6.23 Å². The second-order valence-corrected chi connectivity index (χ2v) is 3.48. The highest BCUT2D eigenvalue weighted by molar-refractivity contribution is 5.72. The van der Waals surface area contributed by atoms with Crippen molar-refractivity contribution >= 4 is 11.0 Å². The number of hydrogen-bond donors (Lipinski definition) is 0. The molecule has 1 atom stereocenters. The van der Waals surface area contributed by atoms with Crippen LogP contribution < -0.4 is 0 Å². The van der Waals surface area contributed by atoms with E-state index in [1.807, 2.05) is 24.3 Å². The first kappa shape index (κ1) is 11.0. The third kappa shape index (κ3) is 2.20. The van der Waals surface area contributed by atoms with Crippen LogP contribution in [0.4, 0.5) is 0 Å². The van der Waals surface area contributed by atoms with Gasteiger partial charge in [0.2, 0.25) is 0 Å². The molecular weight excluding hydrogens is 206 g/mol. The van der Waals surface area contributed by atoms with Gasteiger partial charge in [0.1, 0.15) is 11.0 Å². The Labute approximate surface area is 94.0 Å². The second kappa shape index (κ2) is 5.05. The summed E-state index contributed by atoms with van der Waals surface area (Å²) in [5.41, 5.74) is 1.75. The molecule has 2 aromatic rings. The molecule has 1 unspecified atom stereocenters. The molecule has 5 nitrogen and oxygen atoms in total. The van der Waals surface area contributed by atoms with Gasteiger partial charge in [0.05, 0.1) is 6.61 Å². The molecule has 0 aliphatic rings. The van der Waals surface area contributed by atoms with E-state index in [1.54, 1.807) is 19.0 Å². The topological polar surface area (TPSA) is 49.2 Å². The van der Waals surface area contributed by atoms with Gasteiger partial charge in [-0.05, 0) is 12.1 Å². The van der Waals surface area contributed by atoms with Gasteiger partial charge in [-0.1, -0.05) is 12.1 Å². The van der Waals surface area contributed by atoms with Crippen LogP contribution in [-0.4, -0.2) is 35.8 Å². The lowest BCUT2D eigenvalue weighted by Gasteiger charge is -2.13. The first-order chi connectivity index (χ1) is 7.85. The maximum Gasteiger partial charge on any atom is 0.171 e. The monoisotopic (exact) mass is 221 g/mol. The van der Waals surface area contributed by atoms with Gasteiger partial charge in [-0.2, -0.15) is 15.0 Å². The zero-order valence-electron chi connectivity index (χ0n) is 9.46. The van der Waals surface area contributed by atoms with Crippen molar-refractivity contribution < 1.29 is 9.47 Å². The third-order valence-corrected chi connectivity index (χ3v) is 2.40. The number of rotatable bonds is 5. The van der Waals surface area contributed by atoms with Crippen molar-refractivity contribution in [3.8, 4) is 0 Å². The molecule has 0 radical (unpaired) electrons. The second-order valence-electron chi connectivity index (χ2n) is 3.48. The zero-order chi connectivity index (χ0) is 11.4. The minimum absolute atomic E-state index is 0.174. The van der Waals surface area contributed by atoms with Gasteiger partial charge in [-0.3, -0.25) is 0 Å². The first-order valence-corrected chi connectivity index (χ1v) is 5.18. The molecule has 1 aromatic heterocycles. The predicted molar refractivity (Wildman–Crippen MR) is 60.1 cm³/mol. The zero-order valence-corrected chi connectivity index (χ0v) is 9.46. The number of nitrogens with zero attached hydrogens (tertiary/aromatic N) is 3. The van der Waals surface area contributed by atoms with Crippen molar-refractivity contribution in [2.24, 2.45) is 0 Å². The number of hydrogen-bond acceptors (Lipinski definition) is 4. The molecule has 0 amide bonds. The quantitative estimate of drug-likeness (QED) is 0.769. The average molecular weight is 221 g/mol. The molecule has 0 N–H and O–H groups in total. The minimum Gasteiger partial charge on any atom is -0.385 e. The summed E-state index contributed by atoms with van der Waals surface area (Å²) in [6, 6.07) is 7.75. The molecule has 2 rings (SSSR count). The lowest BCUT2D eigenvalue weighted by atomic mass is 10.3. The Morgan fingerprint density at radius 3 is 2.31 bits per heavy atom. The van der Waals surface area contributed by atoms with Crippen molar-refractivity contribution in [2.45, 2.75) is 12.6 Å². The van der Waals surface area contributed by atoms with E-state index in [4.69, 9.17) is 9.47 Å². The van der Waals surface area contributed by atoms with Crippen molar-refractivity contribution in [3.63, 3.8) is 0 Å². The van der Waals surface area contributed by atoms with Gasteiger partial charge >= 0.3 is 0 Å². The van der Waals surface area contributed by atoms with Crippen LogP contribution in [0.25, 0.3) is 11.0 Å². The average Bonchev–Trinajstić information content (AvgIpc) is 2.73. The smallest absolute Gasteiger partial charge is 0.171 e. The Balaban J connectivity index is 2.23. The van der Waals surface area contributed by atoms with Gasteiger partial charge < -0.3 is 9.47 Å². The normalized spacial score (nSPS) is 13.1. The molecular formula is C11H15N3O2. The van der Waals surface area contributed by atoms with Gasteiger partial charge in [0.15, 0.2) is 6.23 Å². The molecule has 0 bridgehead atoms. The van der Waals surface area contributed by atoms with Crippen molar-refractivity contribution in [2.75, 3.05) is 20.8 Å². The predicted octanol–water partition coefficient (Wildman–Crippen LogP) is 1.61. The SMILES string of the molecule is COCCC(OC)n1nc2ccccc2n1. The van der Waals surface area contributed by atoms with Gasteiger partial charge in [0, 0.05) is 20.6 Å². The first-order valence-electron chi connectivity index (χ1n) is 5.18. The van der Waals surface area contributed by atoms with Crippen LogP contribution in [-0.2, 0) is 9.47 Å². The summed E-state index contributed by atoms with van der Waals surface area (Å²) in [5, 5.41) is 8.72. The maximum atomic E-state index is 5.33. The van der Waals surface area contributed by atoms with E-state index < -0.39 is 0 Å². The lowest BCUT2D eigenvalue weighted by Crippen LogP contribution is -2.16. The number of benzene rings is 1. The van der Waals surface area contributed by atoms with Crippen LogP contribution in [0.2, 0.25) is 0 Å². The number of methoxy groups -OCH3 is 2. The van der Waals surface area contributed by atoms with E-state index in [0.29, 0.717) is 6.61 Å². The molecule has 0 spiro atoms. The van der Waals surface area contributed by atoms with E-state index in [2.05, 4.69) is 10.2 Å². The summed E-state index contributed by atoms with van der Waals surface area (Å²) in [7, 11) is 3.31. The van der Waals surface area contributed by atoms with Crippen LogP contribution in [0.15, 0.2) is 24.3 Å². The van der Waals surface area contributed by atoms with Crippen LogP contribution in [0.1, 0.15) is 12.6 Å². The van der Waals surface area contributed by atoms with Gasteiger partial charge in [-0.25, -0.2) is 0 Å². The highest BCUT2D eigenvalue weighted by Gasteiger charge is 2.12. The van der Waals surface area contributed by atoms with Crippen LogP contribution in [0, 0.1) is 0 Å². The minimum atomic E-state index is -0.174. The summed E-state index contributed by atoms with van der Waals surface area (Å²) < 4.78 is 10.3. The molecule has 16 heavy (non-hydrogen) atoms. The number of aromatic nitrogens is 3. The highest BCUT2D eigenvalue weighted by Crippen LogP contribution is 2.14. The Bertz CT molecular complexity index is 422. The summed E-state index contributed by atoms with van der Waals surface area (Å²) in [4.78, 5) is 1.60. The van der Waals surface area contributed by atoms with Crippen LogP contribution in [0.3, 0.4) is 0 Å². The fraction of sp³-hybridized carbons (Fsp3) is 0.455. The third-order valence-electron chi connectivity index (χ3n) is 2.40. The fourth-order valence-corrected chi connectivity index (χ4v) is 1.55. The van der Waals surface area contributed by atoms with Crippen molar-refractivity contribution in [3.05, 3.63) is 24.3 Å². The fourth-order valence-electron chi connectivity index (χ4n) is 1.55. The van der Waals surface area contributed by atoms with Crippen molar-refractivity contribution in [1.82, 2.24) is 15.0 Å². The highest BCUT2D eigenvalue weighted by atomic mass is 16.5. The van der Waals surface area contributed by atoms with Crippen molar-refractivity contribution in [1.29, 1.82) is 0 Å². The number of ether oxygens (including phenoxy) is 2. The molecule has 0 aliphatic heterocycles. The lowest BCUT2D eigenvalue weighted by molar-refractivity contribution is -0.00130. The van der Waals surface area contributed by atoms with E-state index >= 15 is 0 Å². The molecule has 1 aromatic carbocycles. The van der Waals surface area contributed by atoms with E-state index in [9.17, 15) is 0 Å². The maximum absolute atomic E-state index is 5.33. The summed E-state index contributed by atoms with van der Waals surface area (Å²) >= 11 is 0. The Morgan fingerprint density at radius 2 is 1.81 bits per heavy atom. The standard InChI is InChI=1S/C11H15N3O2/c1-15-8-7-11(16-2)14-12-9-5-3-4-6-10(9)13-14/h3-6,11H,7-8H2,1-2H3. The molecule has 0 saturated heterocycles. The molecule has 86 valence electrons. The molecule has 0 aliphatic carbocycles. The summed E-state index contributed by atoms with van der Waals surface area (Å²) in [6.07, 6.45) is 0.556. The summed E-state index contributed by atoms with van der Waals surface area (Å²) in [5.74, 6) is 0. The van der Waals surface area contributed by atoms with Crippen LogP contribution in [0.5, 0.6) is 0 Å². The molecule has 0 saturated carbocycles. The Morgan fingerprint density at radius 1 is 1.19 bits per heavy atom. The van der Waals surface area contributed by atoms with Crippen LogP contribution >= 0.6 is 0 Å². The van der Waals surface area contributed by atoms with E-state index in [0.717, 1.165) is 17.5 Å². The molecule has 5 heteroatoms. The Kier molecular flexibility index (Phi) is 3.48. The van der Waals surface area contributed by atoms with Gasteiger partial charge in [-0.15, -0.1) is 0 Å². The molecule has 1 heterocycles.